The van der Waals surface area contributed by atoms with E-state index < -0.39 is 11.6 Å². The largest absolute Gasteiger partial charge is 0.508 e. The Hall–Kier alpha value is -2.10. The van der Waals surface area contributed by atoms with Gasteiger partial charge in [0.25, 0.3) is 0 Å². The van der Waals surface area contributed by atoms with Crippen molar-refractivity contribution in [3.8, 4) is 5.75 Å². The summed E-state index contributed by atoms with van der Waals surface area (Å²) in [5, 5.41) is 12.4. The van der Waals surface area contributed by atoms with E-state index in [4.69, 9.17) is 0 Å². The van der Waals surface area contributed by atoms with Crippen molar-refractivity contribution in [2.24, 2.45) is 0 Å². The Labute approximate surface area is 116 Å². The molecule has 2 N–H and O–H groups in total. The zero-order valence-electron chi connectivity index (χ0n) is 11.1. The van der Waals surface area contributed by atoms with Crippen LogP contribution in [0.3, 0.4) is 0 Å². The Morgan fingerprint density at radius 2 is 2.00 bits per heavy atom. The van der Waals surface area contributed by atoms with Gasteiger partial charge in [-0.1, -0.05) is 12.1 Å². The van der Waals surface area contributed by atoms with E-state index in [9.17, 15) is 13.9 Å². The number of rotatable bonds is 2. The van der Waals surface area contributed by atoms with E-state index in [0.717, 1.165) is 24.0 Å². The van der Waals surface area contributed by atoms with Gasteiger partial charge in [-0.25, -0.2) is 8.78 Å². The molecule has 4 heteroatoms. The molecule has 0 saturated carbocycles. The lowest BCUT2D eigenvalue weighted by Crippen LogP contribution is -2.10. The molecule has 2 nitrogen and oxygen atoms in total. The van der Waals surface area contributed by atoms with Crippen molar-refractivity contribution >= 4 is 5.69 Å². The second-order valence-corrected chi connectivity index (χ2v) is 5.17. The van der Waals surface area contributed by atoms with Crippen LogP contribution in [0, 0.1) is 18.6 Å². The minimum atomic E-state index is -0.583. The van der Waals surface area contributed by atoms with Crippen LogP contribution in [0.15, 0.2) is 30.3 Å². The first kappa shape index (κ1) is 12.9. The van der Waals surface area contributed by atoms with Crippen molar-refractivity contribution in [2.45, 2.75) is 25.8 Å². The molecule has 0 fully saturated rings. The highest BCUT2D eigenvalue weighted by molar-refractivity contribution is 5.53. The fourth-order valence-electron chi connectivity index (χ4n) is 2.72. The first-order chi connectivity index (χ1) is 9.56. The van der Waals surface area contributed by atoms with Crippen LogP contribution in [0.1, 0.15) is 29.2 Å². The molecule has 2 aromatic rings. The molecule has 104 valence electrons. The van der Waals surface area contributed by atoms with Gasteiger partial charge in [0.05, 0.1) is 6.04 Å². The molecule has 0 amide bonds. The summed E-state index contributed by atoms with van der Waals surface area (Å²) < 4.78 is 27.8. The zero-order valence-corrected chi connectivity index (χ0v) is 11.1. The van der Waals surface area contributed by atoms with Gasteiger partial charge in [-0.2, -0.15) is 0 Å². The number of nitrogens with one attached hydrogen (secondary N) is 1. The van der Waals surface area contributed by atoms with E-state index in [0.29, 0.717) is 5.56 Å². The fourth-order valence-corrected chi connectivity index (χ4v) is 2.72. The van der Waals surface area contributed by atoms with Crippen molar-refractivity contribution < 1.29 is 13.9 Å². The lowest BCUT2D eigenvalue weighted by Gasteiger charge is -2.17. The predicted molar refractivity (Wildman–Crippen MR) is 73.9 cm³/mol. The van der Waals surface area contributed by atoms with Crippen molar-refractivity contribution in [2.75, 3.05) is 5.32 Å². The Bertz CT molecular complexity index is 670. The van der Waals surface area contributed by atoms with Crippen LogP contribution in [0.4, 0.5) is 14.5 Å². The topological polar surface area (TPSA) is 32.3 Å². The predicted octanol–water partition coefficient (Wildman–Crippen LogP) is 4.08. The molecule has 1 unspecified atom stereocenters. The van der Waals surface area contributed by atoms with Crippen molar-refractivity contribution in [3.63, 3.8) is 0 Å². The number of halogens is 2. The maximum Gasteiger partial charge on any atom is 0.152 e. The van der Waals surface area contributed by atoms with E-state index in [1.165, 1.54) is 12.1 Å². The standard InChI is InChI=1S/C16H15F2NO/c1-9-2-6-13(17)16(15(9)18)19-14-7-3-10-8-11(20)4-5-12(10)14/h2,4-6,8,14,19-20H,3,7H2,1H3. The molecule has 1 atom stereocenters. The number of fused-ring (bicyclic) bond motifs is 1. The molecule has 0 saturated heterocycles. The van der Waals surface area contributed by atoms with Crippen molar-refractivity contribution in [1.29, 1.82) is 0 Å². The third-order valence-corrected chi connectivity index (χ3v) is 3.81. The molecule has 1 aliphatic carbocycles. The average molecular weight is 275 g/mol. The van der Waals surface area contributed by atoms with Gasteiger partial charge in [0.1, 0.15) is 17.3 Å². The number of benzene rings is 2. The first-order valence-corrected chi connectivity index (χ1v) is 6.59. The average Bonchev–Trinajstić information content (AvgIpc) is 2.81. The van der Waals surface area contributed by atoms with Crippen LogP contribution >= 0.6 is 0 Å². The van der Waals surface area contributed by atoms with E-state index >= 15 is 0 Å². The Morgan fingerprint density at radius 1 is 1.20 bits per heavy atom. The van der Waals surface area contributed by atoms with Crippen LogP contribution in [-0.4, -0.2) is 5.11 Å². The van der Waals surface area contributed by atoms with Gasteiger partial charge in [0.2, 0.25) is 0 Å². The van der Waals surface area contributed by atoms with Crippen molar-refractivity contribution in [3.05, 3.63) is 58.7 Å². The molecular weight excluding hydrogens is 260 g/mol. The molecule has 20 heavy (non-hydrogen) atoms. The Balaban J connectivity index is 1.93. The quantitative estimate of drug-likeness (QED) is 0.865. The molecule has 2 aromatic carbocycles. The minimum absolute atomic E-state index is 0.0732. The second-order valence-electron chi connectivity index (χ2n) is 5.17. The van der Waals surface area contributed by atoms with Crippen LogP contribution in [0.5, 0.6) is 5.75 Å². The number of hydrogen-bond acceptors (Lipinski definition) is 2. The van der Waals surface area contributed by atoms with Crippen molar-refractivity contribution in [1.82, 2.24) is 0 Å². The third-order valence-electron chi connectivity index (χ3n) is 3.81. The molecule has 0 heterocycles. The summed E-state index contributed by atoms with van der Waals surface area (Å²) in [6.07, 6.45) is 1.54. The molecule has 0 radical (unpaired) electrons. The summed E-state index contributed by atoms with van der Waals surface area (Å²) in [6, 6.07) is 7.68. The highest BCUT2D eigenvalue weighted by atomic mass is 19.1. The summed E-state index contributed by atoms with van der Waals surface area (Å²) in [7, 11) is 0. The first-order valence-electron chi connectivity index (χ1n) is 6.59. The van der Waals surface area contributed by atoms with Gasteiger partial charge in [-0.3, -0.25) is 0 Å². The Morgan fingerprint density at radius 3 is 2.80 bits per heavy atom. The van der Waals surface area contributed by atoms with E-state index in [2.05, 4.69) is 5.32 Å². The van der Waals surface area contributed by atoms with Gasteiger partial charge in [0, 0.05) is 0 Å². The highest BCUT2D eigenvalue weighted by Crippen LogP contribution is 2.37. The van der Waals surface area contributed by atoms with E-state index in [-0.39, 0.29) is 17.5 Å². The number of aryl methyl sites for hydroxylation is 2. The fraction of sp³-hybridized carbons (Fsp3) is 0.250. The number of phenols is 1. The van der Waals surface area contributed by atoms with Gasteiger partial charge in [0.15, 0.2) is 5.82 Å². The molecule has 0 aliphatic heterocycles. The van der Waals surface area contributed by atoms with Gasteiger partial charge in [-0.15, -0.1) is 0 Å². The van der Waals surface area contributed by atoms with Crippen LogP contribution in [-0.2, 0) is 6.42 Å². The maximum atomic E-state index is 14.0. The number of phenolic OH excluding ortho intramolecular Hbond substituents is 1. The van der Waals surface area contributed by atoms with Gasteiger partial charge < -0.3 is 10.4 Å². The number of aromatic hydroxyl groups is 1. The summed E-state index contributed by atoms with van der Waals surface area (Å²) >= 11 is 0. The molecule has 1 aliphatic rings. The Kier molecular flexibility index (Phi) is 3.08. The third kappa shape index (κ3) is 2.11. The lowest BCUT2D eigenvalue weighted by atomic mass is 10.1. The summed E-state index contributed by atoms with van der Waals surface area (Å²) in [5.74, 6) is -0.908. The molecule has 3 rings (SSSR count). The lowest BCUT2D eigenvalue weighted by molar-refractivity contribution is 0.474. The van der Waals surface area contributed by atoms with Gasteiger partial charge in [-0.05, 0) is 54.7 Å². The zero-order chi connectivity index (χ0) is 14.3. The number of anilines is 1. The maximum absolute atomic E-state index is 14.0. The normalized spacial score (nSPS) is 17.1. The minimum Gasteiger partial charge on any atom is -0.508 e. The molecule has 0 bridgehead atoms. The van der Waals surface area contributed by atoms with Gasteiger partial charge >= 0.3 is 0 Å². The van der Waals surface area contributed by atoms with Crippen LogP contribution in [0.25, 0.3) is 0 Å². The highest BCUT2D eigenvalue weighted by Gasteiger charge is 2.24. The second kappa shape index (κ2) is 4.78. The molecular formula is C16H15F2NO. The van der Waals surface area contributed by atoms with E-state index in [1.54, 1.807) is 25.1 Å². The SMILES string of the molecule is Cc1ccc(F)c(NC2CCc3cc(O)ccc32)c1F. The van der Waals surface area contributed by atoms with E-state index in [1.807, 2.05) is 0 Å². The molecule has 0 spiro atoms. The monoisotopic (exact) mass is 275 g/mol. The molecule has 0 aromatic heterocycles. The summed E-state index contributed by atoms with van der Waals surface area (Å²) in [5.41, 5.74) is 2.35. The number of hydrogen-bond donors (Lipinski definition) is 2. The summed E-state index contributed by atoms with van der Waals surface area (Å²) in [6.45, 7) is 1.61. The smallest absolute Gasteiger partial charge is 0.152 e. The van der Waals surface area contributed by atoms with Crippen LogP contribution in [0.2, 0.25) is 0 Å². The van der Waals surface area contributed by atoms with Crippen LogP contribution < -0.4 is 5.32 Å². The summed E-state index contributed by atoms with van der Waals surface area (Å²) in [4.78, 5) is 0.